The highest BCUT2D eigenvalue weighted by Crippen LogP contribution is 2.67. The lowest BCUT2D eigenvalue weighted by Crippen LogP contribution is -2.51. The largest absolute Gasteiger partial charge is 0.737 e. The van der Waals surface area contributed by atoms with Gasteiger partial charge in [0.15, 0.2) is 16.7 Å². The number of hydrogen-bond acceptors (Lipinski definition) is 7. The number of halogens is 2. The Morgan fingerprint density at radius 3 is 2.11 bits per heavy atom. The second-order valence-electron chi connectivity index (χ2n) is 15.5. The molecule has 0 spiro atoms. The lowest BCUT2D eigenvalue weighted by atomic mass is 9.83. The molecule has 0 bridgehead atoms. The minimum absolute atomic E-state index is 0.221. The maximum atomic E-state index is 15.6. The maximum absolute atomic E-state index is 15.6. The lowest BCUT2D eigenvalue weighted by molar-refractivity contribution is -0.462. The molecule has 0 atom stereocenters. The number of ether oxygens (including phenoxy) is 1. The van der Waals surface area contributed by atoms with E-state index in [2.05, 4.69) is 22.8 Å². The van der Waals surface area contributed by atoms with E-state index in [-0.39, 0.29) is 16.7 Å². The molecule has 5 aliphatic rings. The van der Waals surface area contributed by atoms with Crippen molar-refractivity contribution >= 4 is 44.2 Å². The van der Waals surface area contributed by atoms with E-state index in [0.717, 1.165) is 55.6 Å². The number of rotatable bonds is 8. The highest BCUT2D eigenvalue weighted by molar-refractivity contribution is 7.65. The summed E-state index contributed by atoms with van der Waals surface area (Å²) in [6.45, 7) is 11.7. The Kier molecular flexibility index (Phi) is 11.4. The summed E-state index contributed by atoms with van der Waals surface area (Å²) in [6.07, 6.45) is 8.81. The minimum Gasteiger partial charge on any atom is -0.456 e. The molecule has 2 aromatic rings. The van der Waals surface area contributed by atoms with Crippen LogP contribution in [0.15, 0.2) is 82.3 Å². The number of aryl methyl sites for hydroxylation is 3. The van der Waals surface area contributed by atoms with Gasteiger partial charge in [-0.1, -0.05) is 12.1 Å². The van der Waals surface area contributed by atoms with Gasteiger partial charge in [-0.05, 0) is 109 Å². The molecule has 0 radical (unpaired) electrons. The van der Waals surface area contributed by atoms with Crippen LogP contribution in [-0.2, 0) is 27.2 Å². The van der Waals surface area contributed by atoms with Crippen LogP contribution in [-0.4, -0.2) is 72.5 Å². The van der Waals surface area contributed by atoms with Crippen LogP contribution in [0.3, 0.4) is 0 Å². The van der Waals surface area contributed by atoms with Gasteiger partial charge in [0.2, 0.25) is 0 Å². The Morgan fingerprint density at radius 1 is 0.875 bits per heavy atom. The monoisotopic (exact) mass is 810 g/mol. The Hall–Kier alpha value is -3.70. The van der Waals surface area contributed by atoms with Crippen LogP contribution in [0.1, 0.15) is 82.5 Å². The number of benzene rings is 1. The predicted molar refractivity (Wildman–Crippen MR) is 220 cm³/mol. The Labute approximate surface area is 329 Å². The second-order valence-corrected chi connectivity index (χ2v) is 19.5. The summed E-state index contributed by atoms with van der Waals surface area (Å²) < 4.78 is 91.8. The van der Waals surface area contributed by atoms with Gasteiger partial charge in [0.25, 0.3) is 0 Å². The van der Waals surface area contributed by atoms with Gasteiger partial charge < -0.3 is 40.4 Å². The molecular weight excluding hydrogens is 757 g/mol. The van der Waals surface area contributed by atoms with E-state index >= 15 is 8.63 Å². The van der Waals surface area contributed by atoms with Crippen molar-refractivity contribution in [3.8, 4) is 5.75 Å². The predicted octanol–water partition coefficient (Wildman–Crippen LogP) is 10.3. The standard InChI is InChI=1S/C22H25NO4P.C19H28BF2N2O3P/c1-14-6-9-18-20(12-14)27-21-17-11-8-16(23(2)3)13-15(17)7-10-19(21)22(18)28(24,25-4)26-5;1-11(2)26-28(25,27-12(3)4)19-17-13(5)9-15(7)23(17)20(21,22)24-16(8)10-14(6)18(19)24/h6,8-9,11-13H,7,10H2,1-5H3;9-12H,1-8H3/q+1;. The smallest absolute Gasteiger partial charge is 0.456 e. The van der Waals surface area contributed by atoms with Gasteiger partial charge in [0.05, 0.1) is 17.5 Å². The van der Waals surface area contributed by atoms with Gasteiger partial charge >= 0.3 is 22.2 Å². The van der Waals surface area contributed by atoms with Gasteiger partial charge in [0.1, 0.15) is 31.3 Å². The SMILES string of the molecule is CC1=CC(C)=[N+]2C1=C(P(=O)(OC(C)C)OC(C)C)c1c(C)cc(C)n1[B-]2(F)F.COP(=O)(OC)C1=C2CCC3=CC(=[N+](C)C)C=CC3=C2Oc2cc(C)ccc21. The van der Waals surface area contributed by atoms with E-state index in [1.165, 1.54) is 19.8 Å². The number of allylic oxidation sites excluding steroid dienone is 8. The molecule has 0 fully saturated rings. The highest BCUT2D eigenvalue weighted by Gasteiger charge is 2.58. The molecule has 15 heteroatoms. The second kappa shape index (κ2) is 15.2. The number of aromatic nitrogens is 1. The van der Waals surface area contributed by atoms with E-state index in [9.17, 15) is 9.13 Å². The zero-order valence-electron chi connectivity index (χ0n) is 34.6. The third kappa shape index (κ3) is 7.09. The topological polar surface area (TPSA) is 91.2 Å². The zero-order valence-corrected chi connectivity index (χ0v) is 36.4. The molecule has 1 aromatic heterocycles. The number of fused-ring (bicyclic) bond motifs is 5. The van der Waals surface area contributed by atoms with E-state index in [1.807, 2.05) is 39.2 Å². The van der Waals surface area contributed by atoms with Crippen molar-refractivity contribution in [3.63, 3.8) is 0 Å². The van der Waals surface area contributed by atoms with Crippen LogP contribution < -0.4 is 4.74 Å². The van der Waals surface area contributed by atoms with Crippen molar-refractivity contribution in [1.29, 1.82) is 0 Å². The summed E-state index contributed by atoms with van der Waals surface area (Å²) in [6, 6.07) is 7.59. The molecule has 56 heavy (non-hydrogen) atoms. The summed E-state index contributed by atoms with van der Waals surface area (Å²) in [7, 11) is -0.435. The Bertz CT molecular complexity index is 2370. The fourth-order valence-corrected chi connectivity index (χ4v) is 12.1. The van der Waals surface area contributed by atoms with Crippen molar-refractivity contribution in [1.82, 2.24) is 4.48 Å². The average molecular weight is 811 g/mol. The Morgan fingerprint density at radius 2 is 1.52 bits per heavy atom. The summed E-state index contributed by atoms with van der Waals surface area (Å²) >= 11 is 0. The molecule has 3 aliphatic heterocycles. The molecule has 2 aliphatic carbocycles. The zero-order chi connectivity index (χ0) is 41.2. The summed E-state index contributed by atoms with van der Waals surface area (Å²) in [5.41, 5.74) is 8.72. The van der Waals surface area contributed by atoms with Gasteiger partial charge in [-0.25, -0.2) is 4.58 Å². The first kappa shape index (κ1) is 41.9. The average Bonchev–Trinajstić information content (AvgIpc) is 3.59. The van der Waals surface area contributed by atoms with Crippen LogP contribution in [0.4, 0.5) is 8.63 Å². The van der Waals surface area contributed by atoms with Gasteiger partial charge in [-0.15, -0.1) is 0 Å². The number of nitrogens with zero attached hydrogens (tertiary/aromatic N) is 3. The van der Waals surface area contributed by atoms with Gasteiger partial charge in [-0.2, -0.15) is 0 Å². The molecule has 1 aromatic carbocycles. The fraction of sp³-hybridized carbons (Fsp3) is 0.415. The summed E-state index contributed by atoms with van der Waals surface area (Å²) in [5, 5.41) is 0.843. The molecule has 7 rings (SSSR count). The van der Waals surface area contributed by atoms with Crippen molar-refractivity contribution in [2.45, 2.75) is 87.4 Å². The van der Waals surface area contributed by atoms with Gasteiger partial charge in [-0.3, -0.25) is 9.13 Å². The van der Waals surface area contributed by atoms with Crippen molar-refractivity contribution in [3.05, 3.63) is 110 Å². The first-order chi connectivity index (χ1) is 26.2. The molecule has 4 heterocycles. The summed E-state index contributed by atoms with van der Waals surface area (Å²) in [4.78, 5) is 0. The van der Waals surface area contributed by atoms with Crippen molar-refractivity contribution < 1.29 is 49.7 Å². The minimum atomic E-state index is -4.13. The molecule has 0 N–H and O–H groups in total. The van der Waals surface area contributed by atoms with Gasteiger partial charge in [0, 0.05) is 67.3 Å². The van der Waals surface area contributed by atoms with Crippen LogP contribution in [0.5, 0.6) is 5.75 Å². The first-order valence-corrected chi connectivity index (χ1v) is 21.9. The highest BCUT2D eigenvalue weighted by atomic mass is 31.2. The molecule has 0 unspecified atom stereocenters. The first-order valence-electron chi connectivity index (χ1n) is 18.9. The van der Waals surface area contributed by atoms with Crippen LogP contribution in [0, 0.1) is 20.8 Å². The molecule has 0 saturated carbocycles. The van der Waals surface area contributed by atoms with E-state index in [0.29, 0.717) is 33.6 Å². The fourth-order valence-electron chi connectivity index (χ4n) is 8.13. The van der Waals surface area contributed by atoms with E-state index in [4.69, 9.17) is 22.8 Å². The molecule has 10 nitrogen and oxygen atoms in total. The van der Waals surface area contributed by atoms with Crippen LogP contribution in [0.25, 0.3) is 10.6 Å². The summed E-state index contributed by atoms with van der Waals surface area (Å²) in [5.74, 6) is 1.45. The Balaban J connectivity index is 0.000000190. The van der Waals surface area contributed by atoms with Crippen LogP contribution in [0.2, 0.25) is 0 Å². The van der Waals surface area contributed by atoms with E-state index < -0.39 is 34.4 Å². The van der Waals surface area contributed by atoms with Crippen molar-refractivity contribution in [2.24, 2.45) is 0 Å². The maximum Gasteiger partial charge on any atom is 0.737 e. The third-order valence-corrected chi connectivity index (χ3v) is 14.7. The van der Waals surface area contributed by atoms with Crippen LogP contribution >= 0.6 is 15.2 Å². The third-order valence-electron chi connectivity index (χ3n) is 10.3. The quantitative estimate of drug-likeness (QED) is 0.149. The normalized spacial score (nSPS) is 18.6. The van der Waals surface area contributed by atoms with E-state index in [1.54, 1.807) is 67.5 Å². The molecule has 0 amide bonds. The number of hydrogen-bond donors (Lipinski definition) is 0. The molecular formula is C41H53BF2N3O7P2+. The van der Waals surface area contributed by atoms with Crippen molar-refractivity contribution in [2.75, 3.05) is 28.3 Å². The lowest BCUT2D eigenvalue weighted by Gasteiger charge is -2.36. The molecule has 300 valence electrons. The molecule has 0 saturated heterocycles.